The number of hydrogen-bond donors (Lipinski definition) is 1. The molecule has 22 heavy (non-hydrogen) atoms. The highest BCUT2D eigenvalue weighted by atomic mass is 16.4. The second kappa shape index (κ2) is 4.83. The normalized spacial score (nSPS) is 27.3. The van der Waals surface area contributed by atoms with Crippen LogP contribution in [0, 0.1) is 11.8 Å². The van der Waals surface area contributed by atoms with E-state index in [2.05, 4.69) is 5.10 Å². The van der Waals surface area contributed by atoms with E-state index in [1.54, 1.807) is 15.6 Å². The van der Waals surface area contributed by atoms with Crippen LogP contribution in [0.2, 0.25) is 0 Å². The molecule has 1 aliphatic carbocycles. The van der Waals surface area contributed by atoms with Gasteiger partial charge in [0, 0.05) is 12.7 Å². The van der Waals surface area contributed by atoms with Crippen LogP contribution in [-0.4, -0.2) is 44.1 Å². The molecule has 3 unspecified atom stereocenters. The number of aromatic nitrogens is 2. The van der Waals surface area contributed by atoms with Gasteiger partial charge in [-0.3, -0.25) is 4.79 Å². The second-order valence-electron chi connectivity index (χ2n) is 6.18. The van der Waals surface area contributed by atoms with Gasteiger partial charge >= 0.3 is 5.97 Å². The van der Waals surface area contributed by atoms with E-state index in [1.165, 1.54) is 6.20 Å². The highest BCUT2D eigenvalue weighted by Gasteiger charge is 2.49. The number of carbonyl (C=O) groups is 2. The van der Waals surface area contributed by atoms with Crippen LogP contribution in [-0.2, 0) is 4.79 Å². The first-order chi connectivity index (χ1) is 10.7. The Hall–Kier alpha value is -2.37. The Morgan fingerprint density at radius 1 is 1.27 bits per heavy atom. The summed E-state index contributed by atoms with van der Waals surface area (Å²) in [5.74, 6) is -0.683. The first-order valence-corrected chi connectivity index (χ1v) is 7.63. The van der Waals surface area contributed by atoms with Gasteiger partial charge in [-0.2, -0.15) is 5.10 Å². The van der Waals surface area contributed by atoms with Gasteiger partial charge in [0.1, 0.15) is 6.04 Å². The van der Waals surface area contributed by atoms with Crippen LogP contribution in [0.5, 0.6) is 0 Å². The second-order valence-corrected chi connectivity index (χ2v) is 6.18. The van der Waals surface area contributed by atoms with Crippen molar-refractivity contribution in [3.8, 4) is 0 Å². The van der Waals surface area contributed by atoms with Crippen LogP contribution < -0.4 is 0 Å². The monoisotopic (exact) mass is 299 g/mol. The topological polar surface area (TPSA) is 74.9 Å². The Bertz CT molecular complexity index is 754. The third kappa shape index (κ3) is 1.83. The van der Waals surface area contributed by atoms with Gasteiger partial charge in [-0.15, -0.1) is 0 Å². The number of fused-ring (bicyclic) bond motifs is 2. The summed E-state index contributed by atoms with van der Waals surface area (Å²) >= 11 is 0. The predicted octanol–water partition coefficient (Wildman–Crippen LogP) is 1.66. The zero-order valence-electron chi connectivity index (χ0n) is 12.1. The molecule has 114 valence electrons. The maximum atomic E-state index is 12.9. The molecule has 0 spiro atoms. The molecular weight excluding hydrogens is 282 g/mol. The fourth-order valence-corrected chi connectivity index (χ4v) is 4.08. The molecule has 1 aliphatic heterocycles. The number of aliphatic carboxylic acids is 1. The van der Waals surface area contributed by atoms with E-state index in [0.717, 1.165) is 19.3 Å². The molecule has 2 aliphatic rings. The summed E-state index contributed by atoms with van der Waals surface area (Å²) in [6, 6.07) is 4.82. The number of hydrogen-bond acceptors (Lipinski definition) is 3. The van der Waals surface area contributed by atoms with Crippen LogP contribution in [0.25, 0.3) is 5.52 Å². The lowest BCUT2D eigenvalue weighted by atomic mass is 9.94. The Morgan fingerprint density at radius 2 is 2.14 bits per heavy atom. The highest BCUT2D eigenvalue weighted by molar-refractivity contribution is 6.02. The predicted molar refractivity (Wildman–Crippen MR) is 78.5 cm³/mol. The molecule has 6 nitrogen and oxygen atoms in total. The van der Waals surface area contributed by atoms with Crippen molar-refractivity contribution in [1.82, 2.24) is 14.5 Å². The summed E-state index contributed by atoms with van der Waals surface area (Å²) in [5.41, 5.74) is 1.19. The first-order valence-electron chi connectivity index (χ1n) is 7.63. The van der Waals surface area contributed by atoms with Gasteiger partial charge in [-0.05, 0) is 36.8 Å². The van der Waals surface area contributed by atoms with Gasteiger partial charge in [-0.1, -0.05) is 12.5 Å². The van der Waals surface area contributed by atoms with Crippen molar-refractivity contribution in [1.29, 1.82) is 0 Å². The lowest BCUT2D eigenvalue weighted by Crippen LogP contribution is -2.43. The molecule has 3 heterocycles. The van der Waals surface area contributed by atoms with Crippen molar-refractivity contribution in [2.45, 2.75) is 25.3 Å². The molecule has 3 atom stereocenters. The Balaban J connectivity index is 1.71. The summed E-state index contributed by atoms with van der Waals surface area (Å²) in [6.07, 6.45) is 6.30. The van der Waals surface area contributed by atoms with Gasteiger partial charge in [0.05, 0.1) is 17.3 Å². The standard InChI is InChI=1S/C16H17N3O3/c20-15(12-8-17-19-7-2-1-6-13(12)19)18-9-10-4-3-5-11(10)14(18)16(21)22/h1-2,6-8,10-11,14H,3-5,9H2,(H,21,22). The van der Waals surface area contributed by atoms with Crippen molar-refractivity contribution in [3.05, 3.63) is 36.2 Å². The average Bonchev–Trinajstić information content (AvgIpc) is 3.19. The lowest BCUT2D eigenvalue weighted by molar-refractivity contribution is -0.142. The van der Waals surface area contributed by atoms with Crippen molar-refractivity contribution < 1.29 is 14.7 Å². The number of carboxylic acids is 1. The minimum Gasteiger partial charge on any atom is -0.480 e. The minimum atomic E-state index is -0.890. The SMILES string of the molecule is O=C(O)C1C2CCCC2CN1C(=O)c1cnn2ccccc12. The lowest BCUT2D eigenvalue weighted by Gasteiger charge is -2.24. The molecule has 2 fully saturated rings. The Kier molecular flexibility index (Phi) is 2.92. The van der Waals surface area contributed by atoms with E-state index >= 15 is 0 Å². The van der Waals surface area contributed by atoms with Crippen LogP contribution in [0.4, 0.5) is 0 Å². The van der Waals surface area contributed by atoms with E-state index in [1.807, 2.05) is 18.2 Å². The van der Waals surface area contributed by atoms with E-state index in [0.29, 0.717) is 23.5 Å². The van der Waals surface area contributed by atoms with Crippen molar-refractivity contribution >= 4 is 17.4 Å². The molecule has 2 aromatic heterocycles. The number of carboxylic acid groups (broad SMARTS) is 1. The van der Waals surface area contributed by atoms with E-state index in [4.69, 9.17) is 0 Å². The molecular formula is C16H17N3O3. The molecule has 1 saturated carbocycles. The molecule has 1 saturated heterocycles. The Morgan fingerprint density at radius 3 is 2.95 bits per heavy atom. The number of carbonyl (C=O) groups excluding carboxylic acids is 1. The maximum absolute atomic E-state index is 12.9. The van der Waals surface area contributed by atoms with Crippen molar-refractivity contribution in [3.63, 3.8) is 0 Å². The minimum absolute atomic E-state index is 0.100. The van der Waals surface area contributed by atoms with Gasteiger partial charge in [0.2, 0.25) is 0 Å². The zero-order chi connectivity index (χ0) is 15.3. The largest absolute Gasteiger partial charge is 0.480 e. The summed E-state index contributed by atoms with van der Waals surface area (Å²) in [4.78, 5) is 26.1. The smallest absolute Gasteiger partial charge is 0.326 e. The van der Waals surface area contributed by atoms with E-state index in [-0.39, 0.29) is 11.8 Å². The molecule has 2 aromatic rings. The molecule has 0 aromatic carbocycles. The zero-order valence-corrected chi connectivity index (χ0v) is 12.1. The average molecular weight is 299 g/mol. The van der Waals surface area contributed by atoms with Crippen molar-refractivity contribution in [2.24, 2.45) is 11.8 Å². The summed E-state index contributed by atoms with van der Waals surface area (Å²) in [5, 5.41) is 13.8. The molecule has 6 heteroatoms. The summed E-state index contributed by atoms with van der Waals surface area (Å²) < 4.78 is 1.64. The van der Waals surface area contributed by atoms with Gasteiger partial charge in [0.25, 0.3) is 5.91 Å². The number of nitrogens with zero attached hydrogens (tertiary/aromatic N) is 3. The molecule has 1 amide bonds. The number of rotatable bonds is 2. The molecule has 4 rings (SSSR count). The molecule has 0 radical (unpaired) electrons. The first kappa shape index (κ1) is 13.3. The number of amides is 1. The van der Waals surface area contributed by atoms with Crippen LogP contribution in [0.15, 0.2) is 30.6 Å². The quantitative estimate of drug-likeness (QED) is 0.915. The summed E-state index contributed by atoms with van der Waals surface area (Å²) in [7, 11) is 0. The number of likely N-dealkylation sites (tertiary alicyclic amines) is 1. The van der Waals surface area contributed by atoms with Gasteiger partial charge in [-0.25, -0.2) is 9.31 Å². The number of pyridine rings is 1. The highest BCUT2D eigenvalue weighted by Crippen LogP contribution is 2.42. The van der Waals surface area contributed by atoms with Crippen LogP contribution in [0.3, 0.4) is 0 Å². The van der Waals surface area contributed by atoms with Crippen LogP contribution in [0.1, 0.15) is 29.6 Å². The van der Waals surface area contributed by atoms with Gasteiger partial charge in [0.15, 0.2) is 0 Å². The summed E-state index contributed by atoms with van der Waals surface area (Å²) in [6.45, 7) is 0.546. The van der Waals surface area contributed by atoms with E-state index in [9.17, 15) is 14.7 Å². The van der Waals surface area contributed by atoms with Crippen LogP contribution >= 0.6 is 0 Å². The fraction of sp³-hybridized carbons (Fsp3) is 0.438. The van der Waals surface area contributed by atoms with Crippen molar-refractivity contribution in [2.75, 3.05) is 6.54 Å². The van der Waals surface area contributed by atoms with E-state index < -0.39 is 12.0 Å². The van der Waals surface area contributed by atoms with Gasteiger partial charge < -0.3 is 10.0 Å². The third-order valence-electron chi connectivity index (χ3n) is 5.06. The maximum Gasteiger partial charge on any atom is 0.326 e. The Labute approximate surface area is 127 Å². The molecule has 0 bridgehead atoms. The third-order valence-corrected chi connectivity index (χ3v) is 5.06. The fourth-order valence-electron chi connectivity index (χ4n) is 4.08. The molecule has 1 N–H and O–H groups in total.